The molecule has 2 atom stereocenters. The topological polar surface area (TPSA) is 45.6 Å². The molecule has 0 radical (unpaired) electrons. The van der Waals surface area contributed by atoms with Gasteiger partial charge in [0.1, 0.15) is 6.04 Å². The van der Waals surface area contributed by atoms with E-state index in [1.807, 2.05) is 29.7 Å². The van der Waals surface area contributed by atoms with Crippen molar-refractivity contribution in [1.82, 2.24) is 9.88 Å². The maximum atomic E-state index is 12.1. The molecule has 4 nitrogen and oxygen atoms in total. The number of aromatic nitrogens is 1. The van der Waals surface area contributed by atoms with Crippen molar-refractivity contribution >= 4 is 27.0 Å². The van der Waals surface area contributed by atoms with Gasteiger partial charge in [-0.2, -0.15) is 4.91 Å². The van der Waals surface area contributed by atoms with E-state index in [0.29, 0.717) is 5.92 Å². The van der Waals surface area contributed by atoms with Gasteiger partial charge < -0.3 is 0 Å². The van der Waals surface area contributed by atoms with Gasteiger partial charge in [-0.25, -0.2) is 0 Å². The average molecular weight is 474 g/mol. The number of nitrogens with zero attached hydrogens (tertiary/aromatic N) is 3. The summed E-state index contributed by atoms with van der Waals surface area (Å²) in [5.74, 6) is 0.508. The zero-order valence-electron chi connectivity index (χ0n) is 19.9. The van der Waals surface area contributed by atoms with Crippen LogP contribution in [0.2, 0.25) is 0 Å². The highest BCUT2D eigenvalue weighted by Crippen LogP contribution is 2.37. The van der Waals surface area contributed by atoms with Crippen LogP contribution in [0.5, 0.6) is 0 Å². The van der Waals surface area contributed by atoms with Crippen LogP contribution < -0.4 is 0 Å². The van der Waals surface area contributed by atoms with Crippen molar-refractivity contribution in [2.45, 2.75) is 63.3 Å². The molecule has 2 aromatic heterocycles. The summed E-state index contributed by atoms with van der Waals surface area (Å²) in [4.78, 5) is 19.3. The van der Waals surface area contributed by atoms with Crippen LogP contribution in [0.3, 0.4) is 0 Å². The molecule has 0 saturated heterocycles. The summed E-state index contributed by atoms with van der Waals surface area (Å²) in [5.41, 5.74) is 3.92. The number of rotatable bonds is 8. The maximum absolute atomic E-state index is 12.1. The van der Waals surface area contributed by atoms with Crippen molar-refractivity contribution in [3.8, 4) is 0 Å². The van der Waals surface area contributed by atoms with Crippen molar-refractivity contribution in [3.05, 3.63) is 76.3 Å². The van der Waals surface area contributed by atoms with Gasteiger partial charge in [-0.3, -0.25) is 9.88 Å². The van der Waals surface area contributed by atoms with E-state index < -0.39 is 0 Å². The van der Waals surface area contributed by atoms with Crippen LogP contribution in [0.1, 0.15) is 68.5 Å². The highest BCUT2D eigenvalue weighted by Gasteiger charge is 2.33. The van der Waals surface area contributed by atoms with E-state index in [0.717, 1.165) is 51.0 Å². The van der Waals surface area contributed by atoms with Gasteiger partial charge >= 0.3 is 0 Å². The third-order valence-electron chi connectivity index (χ3n) is 7.83. The molecule has 3 heterocycles. The van der Waals surface area contributed by atoms with Gasteiger partial charge in [0.25, 0.3) is 0 Å². The highest BCUT2D eigenvalue weighted by molar-refractivity contribution is 7.17. The first-order chi connectivity index (χ1) is 16.8. The number of hydrogen-bond donors (Lipinski definition) is 0. The second-order valence-electron chi connectivity index (χ2n) is 9.92. The van der Waals surface area contributed by atoms with Gasteiger partial charge in [0.15, 0.2) is 0 Å². The third-order valence-corrected chi connectivity index (χ3v) is 8.80. The van der Waals surface area contributed by atoms with Crippen molar-refractivity contribution in [3.63, 3.8) is 0 Å². The Labute approximate surface area is 207 Å². The summed E-state index contributed by atoms with van der Waals surface area (Å²) in [6.45, 7) is 3.04. The molecular formula is C29H35N3OS. The maximum Gasteiger partial charge on any atom is 0.103 e. The first-order valence-electron chi connectivity index (χ1n) is 12.9. The molecule has 2 unspecified atom stereocenters. The molecule has 1 aliphatic carbocycles. The fourth-order valence-corrected chi connectivity index (χ4v) is 6.94. The molecule has 5 heteroatoms. The van der Waals surface area contributed by atoms with Crippen LogP contribution in [-0.4, -0.2) is 35.6 Å². The van der Waals surface area contributed by atoms with Gasteiger partial charge in [-0.05, 0) is 91.2 Å². The fraction of sp³-hybridized carbons (Fsp3) is 0.483. The van der Waals surface area contributed by atoms with Crippen LogP contribution in [0, 0.1) is 10.8 Å². The van der Waals surface area contributed by atoms with Crippen LogP contribution in [0.15, 0.2) is 65.3 Å². The number of pyridine rings is 1. The lowest BCUT2D eigenvalue weighted by Gasteiger charge is -2.32. The van der Waals surface area contributed by atoms with Crippen LogP contribution in [-0.2, 0) is 0 Å². The average Bonchev–Trinajstić information content (AvgIpc) is 3.26. The lowest BCUT2D eigenvalue weighted by atomic mass is 9.77. The Morgan fingerprint density at radius 1 is 1.06 bits per heavy atom. The summed E-state index contributed by atoms with van der Waals surface area (Å²) in [6, 6.07) is 14.8. The standard InChI is InChI=1S/C29H35N3OS/c33-31-28(23-8-2-1-3-9-23)26(27-13-4-5-17-30-27)15-20-32-18-7-11-22(14-19-32)25-12-6-10-24-16-21-34-29(24)25/h4-6,10,12-14,16-17,21,23,26,28H,1-3,7-9,11,15,18-20H2. The molecule has 34 heavy (non-hydrogen) atoms. The largest absolute Gasteiger partial charge is 0.300 e. The molecule has 1 aromatic carbocycles. The van der Waals surface area contributed by atoms with E-state index in [1.54, 1.807) is 0 Å². The first kappa shape index (κ1) is 23.4. The van der Waals surface area contributed by atoms with Gasteiger partial charge in [-0.15, -0.1) is 11.3 Å². The van der Waals surface area contributed by atoms with E-state index in [-0.39, 0.29) is 12.0 Å². The number of allylic oxidation sites excluding steroid dienone is 1. The highest BCUT2D eigenvalue weighted by atomic mass is 32.1. The SMILES string of the molecule is O=NC(C1CCCCC1)C(CCN1CC=C(c2cccc3ccsc23)CCC1)c1ccccn1. The summed E-state index contributed by atoms with van der Waals surface area (Å²) in [6.07, 6.45) is 13.5. The lowest BCUT2D eigenvalue weighted by Crippen LogP contribution is -2.32. The normalized spacial score (nSPS) is 19.9. The molecule has 1 aliphatic heterocycles. The van der Waals surface area contributed by atoms with Gasteiger partial charge in [0, 0.05) is 29.1 Å². The smallest absolute Gasteiger partial charge is 0.103 e. The molecule has 5 rings (SSSR count). The molecule has 0 bridgehead atoms. The Morgan fingerprint density at radius 3 is 2.79 bits per heavy atom. The van der Waals surface area contributed by atoms with E-state index >= 15 is 0 Å². The Kier molecular flexibility index (Phi) is 7.82. The molecule has 2 aliphatic rings. The predicted molar refractivity (Wildman–Crippen MR) is 143 cm³/mol. The van der Waals surface area contributed by atoms with Gasteiger partial charge in [0.2, 0.25) is 0 Å². The molecular weight excluding hydrogens is 438 g/mol. The second-order valence-corrected chi connectivity index (χ2v) is 10.8. The zero-order chi connectivity index (χ0) is 23.2. The van der Waals surface area contributed by atoms with Crippen molar-refractivity contribution in [2.24, 2.45) is 11.1 Å². The minimum atomic E-state index is -0.162. The number of nitroso groups, excluding NO2 is 1. The van der Waals surface area contributed by atoms with E-state index in [2.05, 4.69) is 56.8 Å². The zero-order valence-corrected chi connectivity index (χ0v) is 20.8. The van der Waals surface area contributed by atoms with Crippen LogP contribution in [0.4, 0.5) is 0 Å². The number of thiophene rings is 1. The van der Waals surface area contributed by atoms with Gasteiger partial charge in [0.05, 0.1) is 0 Å². The molecule has 0 N–H and O–H groups in total. The van der Waals surface area contributed by atoms with E-state index in [4.69, 9.17) is 0 Å². The molecule has 0 spiro atoms. The van der Waals surface area contributed by atoms with E-state index in [1.165, 1.54) is 46.9 Å². The molecule has 1 saturated carbocycles. The molecule has 3 aromatic rings. The quantitative estimate of drug-likeness (QED) is 0.315. The minimum Gasteiger partial charge on any atom is -0.300 e. The Hall–Kier alpha value is -2.37. The summed E-state index contributed by atoms with van der Waals surface area (Å²) >= 11 is 1.84. The number of benzene rings is 1. The molecule has 178 valence electrons. The number of fused-ring (bicyclic) bond motifs is 1. The number of hydrogen-bond acceptors (Lipinski definition) is 5. The molecule has 1 fully saturated rings. The van der Waals surface area contributed by atoms with E-state index in [9.17, 15) is 4.91 Å². The van der Waals surface area contributed by atoms with Crippen LogP contribution >= 0.6 is 11.3 Å². The van der Waals surface area contributed by atoms with Crippen molar-refractivity contribution < 1.29 is 0 Å². The molecule has 0 amide bonds. The Morgan fingerprint density at radius 2 is 1.97 bits per heavy atom. The summed E-state index contributed by atoms with van der Waals surface area (Å²) in [7, 11) is 0. The monoisotopic (exact) mass is 473 g/mol. The second kappa shape index (κ2) is 11.4. The fourth-order valence-electron chi connectivity index (χ4n) is 5.99. The predicted octanol–water partition coefficient (Wildman–Crippen LogP) is 7.66. The van der Waals surface area contributed by atoms with Crippen LogP contribution in [0.25, 0.3) is 15.7 Å². The summed E-state index contributed by atoms with van der Waals surface area (Å²) < 4.78 is 1.41. The van der Waals surface area contributed by atoms with Crippen molar-refractivity contribution in [1.29, 1.82) is 0 Å². The third kappa shape index (κ3) is 5.31. The minimum absolute atomic E-state index is 0.105. The lowest BCUT2D eigenvalue weighted by molar-refractivity contribution is 0.241. The Bertz CT molecular complexity index is 1100. The Balaban J connectivity index is 1.30. The van der Waals surface area contributed by atoms with Crippen molar-refractivity contribution in [2.75, 3.05) is 19.6 Å². The first-order valence-corrected chi connectivity index (χ1v) is 13.8. The van der Waals surface area contributed by atoms with Gasteiger partial charge in [-0.1, -0.05) is 54.8 Å². The summed E-state index contributed by atoms with van der Waals surface area (Å²) in [5, 5.41) is 7.27.